The molecule has 0 fully saturated rings. The van der Waals surface area contributed by atoms with Crippen molar-refractivity contribution < 1.29 is 13.9 Å². The monoisotopic (exact) mass is 352 g/mol. The van der Waals surface area contributed by atoms with Crippen molar-refractivity contribution in [2.75, 3.05) is 7.11 Å². The molecule has 26 heavy (non-hydrogen) atoms. The first-order valence-electron chi connectivity index (χ1n) is 8.83. The molecule has 1 atom stereocenters. The Labute approximate surface area is 151 Å². The van der Waals surface area contributed by atoms with Crippen molar-refractivity contribution in [1.29, 1.82) is 0 Å². The topological polar surface area (TPSA) is 54.1 Å². The number of aromatic amines is 1. The first kappa shape index (κ1) is 16.6. The van der Waals surface area contributed by atoms with Crippen LogP contribution in [0.3, 0.4) is 0 Å². The molecular weight excluding hydrogens is 331 g/mol. The molecule has 0 saturated carbocycles. The molecule has 4 nitrogen and oxygen atoms in total. The molecule has 0 bridgehead atoms. The zero-order chi connectivity index (χ0) is 18.1. The number of hydrogen-bond acceptors (Lipinski definition) is 2. The average Bonchev–Trinajstić information content (AvgIpc) is 3.00. The average molecular weight is 352 g/mol. The maximum atomic E-state index is 13.0. The zero-order valence-corrected chi connectivity index (χ0v) is 14.6. The van der Waals surface area contributed by atoms with Gasteiger partial charge >= 0.3 is 0 Å². The van der Waals surface area contributed by atoms with Crippen LogP contribution in [0.15, 0.2) is 42.5 Å². The number of methoxy groups -OCH3 is 1. The fourth-order valence-corrected chi connectivity index (χ4v) is 3.71. The SMILES string of the molecule is COc1ccc2[nH]c3c(c2c1)CC(NC(=O)Cc1ccc(F)cc1)CC3. The summed E-state index contributed by atoms with van der Waals surface area (Å²) in [6.45, 7) is 0. The molecule has 0 spiro atoms. The lowest BCUT2D eigenvalue weighted by Crippen LogP contribution is -2.39. The second-order valence-electron chi connectivity index (χ2n) is 6.80. The Kier molecular flexibility index (Phi) is 4.37. The van der Waals surface area contributed by atoms with Gasteiger partial charge in [0, 0.05) is 22.6 Å². The van der Waals surface area contributed by atoms with Gasteiger partial charge in [-0.1, -0.05) is 12.1 Å². The summed E-state index contributed by atoms with van der Waals surface area (Å²) in [5, 5.41) is 4.29. The first-order valence-corrected chi connectivity index (χ1v) is 8.83. The van der Waals surface area contributed by atoms with E-state index < -0.39 is 0 Å². The normalized spacial score (nSPS) is 16.3. The van der Waals surface area contributed by atoms with E-state index in [2.05, 4.69) is 10.3 Å². The van der Waals surface area contributed by atoms with Crippen LogP contribution >= 0.6 is 0 Å². The second kappa shape index (κ2) is 6.83. The fraction of sp³-hybridized carbons (Fsp3) is 0.286. The number of rotatable bonds is 4. The summed E-state index contributed by atoms with van der Waals surface area (Å²) >= 11 is 0. The third-order valence-electron chi connectivity index (χ3n) is 5.04. The molecule has 4 rings (SSSR count). The van der Waals surface area contributed by atoms with Crippen molar-refractivity contribution in [3.05, 3.63) is 65.1 Å². The Morgan fingerprint density at radius 2 is 2.08 bits per heavy atom. The molecule has 1 aliphatic rings. The predicted octanol–water partition coefficient (Wildman–Crippen LogP) is 3.53. The van der Waals surface area contributed by atoms with Crippen molar-refractivity contribution in [2.24, 2.45) is 0 Å². The van der Waals surface area contributed by atoms with Crippen LogP contribution in [0.4, 0.5) is 4.39 Å². The van der Waals surface area contributed by atoms with Crippen LogP contribution in [0, 0.1) is 5.82 Å². The highest BCUT2D eigenvalue weighted by Crippen LogP contribution is 2.31. The summed E-state index contributed by atoms with van der Waals surface area (Å²) in [6, 6.07) is 12.2. The Morgan fingerprint density at radius 3 is 2.85 bits per heavy atom. The standard InChI is InChI=1S/C21H21FN2O2/c1-26-16-7-9-20-18(12-16)17-11-15(6-8-19(17)24-20)23-21(25)10-13-2-4-14(22)5-3-13/h2-5,7,9,12,15,24H,6,8,10-11H2,1H3,(H,23,25). The minimum absolute atomic E-state index is 0.0255. The summed E-state index contributed by atoms with van der Waals surface area (Å²) in [5.74, 6) is 0.521. The number of nitrogens with one attached hydrogen (secondary N) is 2. The summed E-state index contributed by atoms with van der Waals surface area (Å²) in [6.07, 6.45) is 2.89. The molecule has 1 aliphatic carbocycles. The van der Waals surface area contributed by atoms with Crippen molar-refractivity contribution >= 4 is 16.8 Å². The molecule has 3 aromatic rings. The zero-order valence-electron chi connectivity index (χ0n) is 14.6. The van der Waals surface area contributed by atoms with Crippen LogP contribution in [0.25, 0.3) is 10.9 Å². The van der Waals surface area contributed by atoms with E-state index in [0.717, 1.165) is 41.5 Å². The molecule has 5 heteroatoms. The van der Waals surface area contributed by atoms with E-state index >= 15 is 0 Å². The van der Waals surface area contributed by atoms with Crippen molar-refractivity contribution in [2.45, 2.75) is 31.7 Å². The largest absolute Gasteiger partial charge is 0.497 e. The highest BCUT2D eigenvalue weighted by molar-refractivity contribution is 5.86. The number of fused-ring (bicyclic) bond motifs is 3. The number of halogens is 1. The maximum absolute atomic E-state index is 13.0. The molecule has 0 radical (unpaired) electrons. The first-order chi connectivity index (χ1) is 12.6. The van der Waals surface area contributed by atoms with E-state index in [0.29, 0.717) is 0 Å². The molecule has 1 unspecified atom stereocenters. The molecule has 0 aliphatic heterocycles. The molecule has 1 amide bonds. The number of H-pyrrole nitrogens is 1. The number of hydrogen-bond donors (Lipinski definition) is 2. The van der Waals surface area contributed by atoms with E-state index in [1.807, 2.05) is 18.2 Å². The minimum atomic E-state index is -0.288. The lowest BCUT2D eigenvalue weighted by Gasteiger charge is -2.23. The number of amides is 1. The predicted molar refractivity (Wildman–Crippen MR) is 98.9 cm³/mol. The van der Waals surface area contributed by atoms with Gasteiger partial charge in [-0.25, -0.2) is 4.39 Å². The molecule has 134 valence electrons. The Morgan fingerprint density at radius 1 is 1.27 bits per heavy atom. The van der Waals surface area contributed by atoms with E-state index in [4.69, 9.17) is 4.74 Å². The van der Waals surface area contributed by atoms with Gasteiger partial charge in [0.05, 0.1) is 13.5 Å². The molecule has 2 N–H and O–H groups in total. The van der Waals surface area contributed by atoms with Gasteiger partial charge in [0.15, 0.2) is 0 Å². The van der Waals surface area contributed by atoms with Gasteiger partial charge < -0.3 is 15.0 Å². The molecule has 2 aromatic carbocycles. The lowest BCUT2D eigenvalue weighted by atomic mass is 9.91. The van der Waals surface area contributed by atoms with Crippen LogP contribution in [0.5, 0.6) is 5.75 Å². The van der Waals surface area contributed by atoms with Gasteiger partial charge in [0.1, 0.15) is 11.6 Å². The van der Waals surface area contributed by atoms with Crippen LogP contribution in [0.1, 0.15) is 23.2 Å². The van der Waals surface area contributed by atoms with Crippen LogP contribution in [-0.2, 0) is 24.1 Å². The summed E-state index contributed by atoms with van der Waals surface area (Å²) in [5.41, 5.74) is 4.43. The Hall–Kier alpha value is -2.82. The lowest BCUT2D eigenvalue weighted by molar-refractivity contribution is -0.121. The van der Waals surface area contributed by atoms with Gasteiger partial charge in [-0.2, -0.15) is 0 Å². The molecule has 1 heterocycles. The van der Waals surface area contributed by atoms with E-state index in [-0.39, 0.29) is 24.2 Å². The number of ether oxygens (including phenoxy) is 1. The Balaban J connectivity index is 1.47. The minimum Gasteiger partial charge on any atom is -0.497 e. The van der Waals surface area contributed by atoms with E-state index in [1.165, 1.54) is 23.4 Å². The third-order valence-corrected chi connectivity index (χ3v) is 5.04. The van der Waals surface area contributed by atoms with Crippen LogP contribution < -0.4 is 10.1 Å². The summed E-state index contributed by atoms with van der Waals surface area (Å²) in [7, 11) is 1.67. The van der Waals surface area contributed by atoms with Crippen LogP contribution in [-0.4, -0.2) is 24.0 Å². The molecule has 0 saturated heterocycles. The van der Waals surface area contributed by atoms with Gasteiger partial charge in [0.2, 0.25) is 5.91 Å². The third kappa shape index (κ3) is 3.29. The summed E-state index contributed by atoms with van der Waals surface area (Å²) < 4.78 is 18.3. The van der Waals surface area contributed by atoms with Crippen LogP contribution in [0.2, 0.25) is 0 Å². The number of aryl methyl sites for hydroxylation is 1. The van der Waals surface area contributed by atoms with Gasteiger partial charge in [0.25, 0.3) is 0 Å². The van der Waals surface area contributed by atoms with Crippen molar-refractivity contribution in [3.63, 3.8) is 0 Å². The van der Waals surface area contributed by atoms with Gasteiger partial charge in [-0.3, -0.25) is 4.79 Å². The molecular formula is C21H21FN2O2. The molecule has 1 aromatic heterocycles. The quantitative estimate of drug-likeness (QED) is 0.755. The number of carbonyl (C=O) groups is 1. The number of aromatic nitrogens is 1. The Bertz CT molecular complexity index is 947. The van der Waals surface area contributed by atoms with Crippen molar-refractivity contribution in [3.8, 4) is 5.75 Å². The highest BCUT2D eigenvalue weighted by atomic mass is 19.1. The number of carbonyl (C=O) groups excluding carboxylic acids is 1. The van der Waals surface area contributed by atoms with E-state index in [1.54, 1.807) is 19.2 Å². The van der Waals surface area contributed by atoms with Crippen molar-refractivity contribution in [1.82, 2.24) is 10.3 Å². The van der Waals surface area contributed by atoms with E-state index in [9.17, 15) is 9.18 Å². The van der Waals surface area contributed by atoms with Gasteiger partial charge in [-0.05, 0) is 60.7 Å². The smallest absolute Gasteiger partial charge is 0.224 e. The summed E-state index contributed by atoms with van der Waals surface area (Å²) in [4.78, 5) is 15.8. The fourth-order valence-electron chi connectivity index (χ4n) is 3.71. The second-order valence-corrected chi connectivity index (χ2v) is 6.80. The highest BCUT2D eigenvalue weighted by Gasteiger charge is 2.24. The number of benzene rings is 2. The maximum Gasteiger partial charge on any atom is 0.224 e. The van der Waals surface area contributed by atoms with Gasteiger partial charge in [-0.15, -0.1) is 0 Å².